The molecule has 2 heterocycles. The molecule has 0 amide bonds. The van der Waals surface area contributed by atoms with Crippen molar-refractivity contribution >= 4 is 40.1 Å². The number of H-pyrrole nitrogens is 1. The molecule has 1 N–H and O–H groups in total. The molecule has 5 heteroatoms. The van der Waals surface area contributed by atoms with E-state index >= 15 is 0 Å². The zero-order chi connectivity index (χ0) is 11.1. The Balaban J connectivity index is 0.00000108. The molecule has 2 aromatic rings. The molecule has 0 saturated carbocycles. The van der Waals surface area contributed by atoms with Gasteiger partial charge in [-0.2, -0.15) is 0 Å². The molecule has 0 atom stereocenters. The van der Waals surface area contributed by atoms with Crippen molar-refractivity contribution in [2.24, 2.45) is 0 Å². The number of hydrogen-bond acceptors (Lipinski definition) is 2. The van der Waals surface area contributed by atoms with Crippen molar-refractivity contribution in [2.45, 2.75) is 13.0 Å². The fourth-order valence-electron chi connectivity index (χ4n) is 2.32. The van der Waals surface area contributed by atoms with Gasteiger partial charge in [0.25, 0.3) is 0 Å². The molecule has 82 valence electrons. The van der Waals surface area contributed by atoms with E-state index in [0.29, 0.717) is 4.32 Å². The van der Waals surface area contributed by atoms with Gasteiger partial charge in [-0.25, -0.2) is 0 Å². The standard InChI is InChI=1S/C12H12N2S2.K/c15-12(16)14-6-5-11-9(7-14)8-3-1-2-4-10(8)13-11;/h1-4,13H,5-7H2,(H,15,16);/q;+1/p-1. The number of aromatic nitrogens is 1. The van der Waals surface area contributed by atoms with Crippen LogP contribution in [-0.2, 0) is 25.6 Å². The van der Waals surface area contributed by atoms with Crippen molar-refractivity contribution in [2.75, 3.05) is 6.54 Å². The van der Waals surface area contributed by atoms with Crippen LogP contribution in [0, 0.1) is 0 Å². The monoisotopic (exact) mass is 286 g/mol. The first-order chi connectivity index (χ1) is 7.75. The number of aromatic amines is 1. The molecule has 0 unspecified atom stereocenters. The predicted octanol–water partition coefficient (Wildman–Crippen LogP) is -0.638. The Hall–Kier alpha value is 0.506. The first-order valence-corrected chi connectivity index (χ1v) is 6.12. The number of rotatable bonds is 0. The van der Waals surface area contributed by atoms with Gasteiger partial charge in [0.2, 0.25) is 0 Å². The minimum absolute atomic E-state index is 0. The van der Waals surface area contributed by atoms with E-state index in [4.69, 9.17) is 24.8 Å². The second kappa shape index (κ2) is 5.65. The van der Waals surface area contributed by atoms with Gasteiger partial charge in [-0.15, -0.1) is 0 Å². The second-order valence-electron chi connectivity index (χ2n) is 4.07. The first-order valence-electron chi connectivity index (χ1n) is 5.30. The predicted molar refractivity (Wildman–Crippen MR) is 72.4 cm³/mol. The van der Waals surface area contributed by atoms with E-state index in [2.05, 4.69) is 34.1 Å². The second-order valence-corrected chi connectivity index (χ2v) is 5.10. The van der Waals surface area contributed by atoms with E-state index in [1.54, 1.807) is 0 Å². The van der Waals surface area contributed by atoms with Gasteiger partial charge in [-0.3, -0.25) is 0 Å². The Kier molecular flexibility index (Phi) is 4.63. The van der Waals surface area contributed by atoms with Gasteiger partial charge >= 0.3 is 51.4 Å². The summed E-state index contributed by atoms with van der Waals surface area (Å²) in [6.45, 7) is 1.78. The number of nitrogens with one attached hydrogen (secondary N) is 1. The van der Waals surface area contributed by atoms with Crippen LogP contribution in [0.25, 0.3) is 10.9 Å². The molecule has 0 fully saturated rings. The van der Waals surface area contributed by atoms with E-state index in [9.17, 15) is 0 Å². The Morgan fingerprint density at radius 3 is 2.88 bits per heavy atom. The summed E-state index contributed by atoms with van der Waals surface area (Å²) in [5.74, 6) is 0. The molecule has 3 rings (SSSR count). The van der Waals surface area contributed by atoms with E-state index in [0.717, 1.165) is 19.5 Å². The molecule has 1 aromatic carbocycles. The molecule has 2 nitrogen and oxygen atoms in total. The number of nitrogens with zero attached hydrogens (tertiary/aromatic N) is 1. The minimum Gasteiger partial charge on any atom is -0.411 e. The Morgan fingerprint density at radius 2 is 2.12 bits per heavy atom. The number of thiocarbonyl (C=S) groups is 1. The van der Waals surface area contributed by atoms with Crippen molar-refractivity contribution in [1.29, 1.82) is 0 Å². The molecule has 0 radical (unpaired) electrons. The summed E-state index contributed by atoms with van der Waals surface area (Å²) in [4.78, 5) is 5.56. The maximum Gasteiger partial charge on any atom is 1.00 e. The smallest absolute Gasteiger partial charge is 0.411 e. The molecule has 1 aliphatic rings. The summed E-state index contributed by atoms with van der Waals surface area (Å²) in [6.07, 6.45) is 1.00. The number of fused-ring (bicyclic) bond motifs is 3. The summed E-state index contributed by atoms with van der Waals surface area (Å²) in [6, 6.07) is 8.39. The van der Waals surface area contributed by atoms with Gasteiger partial charge in [-0.1, -0.05) is 22.5 Å². The zero-order valence-electron chi connectivity index (χ0n) is 9.69. The third-order valence-electron chi connectivity index (χ3n) is 3.14. The fourth-order valence-corrected chi connectivity index (χ4v) is 2.63. The normalized spacial score (nSPS) is 14.2. The average molecular weight is 286 g/mol. The van der Waals surface area contributed by atoms with Gasteiger partial charge in [0.1, 0.15) is 0 Å². The quantitative estimate of drug-likeness (QED) is 0.395. The third-order valence-corrected chi connectivity index (χ3v) is 3.66. The maximum atomic E-state index is 5.07. The van der Waals surface area contributed by atoms with E-state index in [1.807, 2.05) is 0 Å². The number of para-hydroxylation sites is 1. The zero-order valence-corrected chi connectivity index (χ0v) is 14.5. The molecule has 17 heavy (non-hydrogen) atoms. The van der Waals surface area contributed by atoms with Crippen LogP contribution in [0.2, 0.25) is 0 Å². The van der Waals surface area contributed by atoms with Crippen molar-refractivity contribution in [3.8, 4) is 0 Å². The van der Waals surface area contributed by atoms with Crippen LogP contribution in [0.4, 0.5) is 0 Å². The van der Waals surface area contributed by atoms with Crippen LogP contribution in [-0.4, -0.2) is 20.7 Å². The largest absolute Gasteiger partial charge is 1.00 e. The summed E-state index contributed by atoms with van der Waals surface area (Å²) in [5, 5.41) is 1.30. The first kappa shape index (κ1) is 13.9. The molecule has 1 aromatic heterocycles. The average Bonchev–Trinajstić information content (AvgIpc) is 2.66. The van der Waals surface area contributed by atoms with Crippen molar-refractivity contribution in [3.05, 3.63) is 35.5 Å². The van der Waals surface area contributed by atoms with Crippen LogP contribution in [0.5, 0.6) is 0 Å². The van der Waals surface area contributed by atoms with E-state index in [1.165, 1.54) is 22.2 Å². The summed E-state index contributed by atoms with van der Waals surface area (Å²) in [5.41, 5.74) is 3.90. The maximum absolute atomic E-state index is 5.07. The van der Waals surface area contributed by atoms with Crippen LogP contribution in [0.3, 0.4) is 0 Å². The van der Waals surface area contributed by atoms with Gasteiger partial charge in [0.05, 0.1) is 0 Å². The Bertz CT molecular complexity index is 565. The summed E-state index contributed by atoms with van der Waals surface area (Å²) < 4.78 is 0.580. The van der Waals surface area contributed by atoms with Crippen molar-refractivity contribution in [1.82, 2.24) is 9.88 Å². The van der Waals surface area contributed by atoms with Crippen LogP contribution < -0.4 is 51.4 Å². The molecule has 0 bridgehead atoms. The van der Waals surface area contributed by atoms with Gasteiger partial charge in [-0.05, 0) is 11.6 Å². The molecule has 1 aliphatic heterocycles. The van der Waals surface area contributed by atoms with E-state index < -0.39 is 0 Å². The molecule has 0 aliphatic carbocycles. The topological polar surface area (TPSA) is 19.0 Å². The SMILES string of the molecule is S=C([S-])N1CCc2[nH]c3ccccc3c2C1.[K+]. The van der Waals surface area contributed by atoms with Crippen molar-refractivity contribution in [3.63, 3.8) is 0 Å². The van der Waals surface area contributed by atoms with Gasteiger partial charge < -0.3 is 34.7 Å². The molecular formula is C12H11KN2S2. The van der Waals surface area contributed by atoms with E-state index in [-0.39, 0.29) is 51.4 Å². The van der Waals surface area contributed by atoms with Crippen LogP contribution in [0.1, 0.15) is 11.3 Å². The summed E-state index contributed by atoms with van der Waals surface area (Å²) in [7, 11) is 0. The summed E-state index contributed by atoms with van der Waals surface area (Å²) >= 11 is 10.1. The minimum atomic E-state index is 0. The molecule has 0 spiro atoms. The Morgan fingerprint density at radius 1 is 1.35 bits per heavy atom. The number of benzene rings is 1. The van der Waals surface area contributed by atoms with Crippen LogP contribution >= 0.6 is 12.2 Å². The number of hydrogen-bond donors (Lipinski definition) is 1. The third kappa shape index (κ3) is 2.61. The Labute approximate surface area is 154 Å². The molecule has 0 saturated heterocycles. The van der Waals surface area contributed by atoms with Gasteiger partial charge in [0, 0.05) is 36.1 Å². The van der Waals surface area contributed by atoms with Crippen LogP contribution in [0.15, 0.2) is 24.3 Å². The fraction of sp³-hybridized carbons (Fsp3) is 0.250. The van der Waals surface area contributed by atoms with Crippen molar-refractivity contribution < 1.29 is 51.4 Å². The molecular weight excluding hydrogens is 275 g/mol. The van der Waals surface area contributed by atoms with Gasteiger partial charge in [0.15, 0.2) is 0 Å².